The highest BCUT2D eigenvalue weighted by molar-refractivity contribution is 5.67. The van der Waals surface area contributed by atoms with Crippen molar-refractivity contribution in [3.63, 3.8) is 0 Å². The molecule has 1 rings (SSSR count). The lowest BCUT2D eigenvalue weighted by atomic mass is 10.2. The molecule has 1 fully saturated rings. The highest BCUT2D eigenvalue weighted by atomic mass is 16.6. The Morgan fingerprint density at radius 3 is 2.50 bits per heavy atom. The van der Waals surface area contributed by atoms with E-state index in [1.54, 1.807) is 0 Å². The monoisotopic (exact) mass is 228 g/mol. The van der Waals surface area contributed by atoms with E-state index in [2.05, 4.69) is 17.6 Å². The maximum Gasteiger partial charge on any atom is 0.407 e. The van der Waals surface area contributed by atoms with Crippen molar-refractivity contribution in [2.45, 2.75) is 52.2 Å². The maximum atomic E-state index is 11.3. The van der Waals surface area contributed by atoms with Crippen LogP contribution in [-0.4, -0.2) is 30.8 Å². The Labute approximate surface area is 98.1 Å². The van der Waals surface area contributed by atoms with E-state index in [0.29, 0.717) is 12.6 Å². The Morgan fingerprint density at radius 2 is 2.00 bits per heavy atom. The van der Waals surface area contributed by atoms with Crippen LogP contribution in [0.4, 0.5) is 4.79 Å². The summed E-state index contributed by atoms with van der Waals surface area (Å²) in [6, 6.07) is 0.710. The molecule has 1 amide bonds. The van der Waals surface area contributed by atoms with E-state index in [9.17, 15) is 4.79 Å². The zero-order valence-electron chi connectivity index (χ0n) is 10.8. The van der Waals surface area contributed by atoms with Crippen molar-refractivity contribution >= 4 is 6.09 Å². The molecule has 0 aromatic heterocycles. The SMILES string of the molecule is CC1CC1NCCCNC(=O)OC(C)(C)C. The van der Waals surface area contributed by atoms with Gasteiger partial charge in [0.2, 0.25) is 0 Å². The largest absolute Gasteiger partial charge is 0.444 e. The molecule has 0 aromatic rings. The van der Waals surface area contributed by atoms with Gasteiger partial charge in [0.05, 0.1) is 0 Å². The smallest absolute Gasteiger partial charge is 0.407 e. The molecule has 2 N–H and O–H groups in total. The molecule has 1 saturated carbocycles. The zero-order chi connectivity index (χ0) is 12.2. The molecule has 1 aliphatic rings. The Morgan fingerprint density at radius 1 is 1.38 bits per heavy atom. The van der Waals surface area contributed by atoms with Crippen molar-refractivity contribution in [1.29, 1.82) is 0 Å². The van der Waals surface area contributed by atoms with Gasteiger partial charge in [0.1, 0.15) is 5.60 Å². The lowest BCUT2D eigenvalue weighted by Gasteiger charge is -2.19. The van der Waals surface area contributed by atoms with Crippen molar-refractivity contribution in [2.75, 3.05) is 13.1 Å². The Balaban J connectivity index is 1.92. The molecule has 0 saturated heterocycles. The predicted octanol–water partition coefficient (Wildman–Crippen LogP) is 1.90. The summed E-state index contributed by atoms with van der Waals surface area (Å²) >= 11 is 0. The third-order valence-corrected chi connectivity index (χ3v) is 2.54. The highest BCUT2D eigenvalue weighted by Crippen LogP contribution is 2.28. The molecule has 0 heterocycles. The summed E-state index contributed by atoms with van der Waals surface area (Å²) in [6.07, 6.45) is 1.91. The van der Waals surface area contributed by atoms with Crippen molar-refractivity contribution in [1.82, 2.24) is 10.6 Å². The fourth-order valence-electron chi connectivity index (χ4n) is 1.49. The van der Waals surface area contributed by atoms with Crippen molar-refractivity contribution in [3.05, 3.63) is 0 Å². The minimum Gasteiger partial charge on any atom is -0.444 e. The average molecular weight is 228 g/mol. The predicted molar refractivity (Wildman–Crippen MR) is 64.4 cm³/mol. The topological polar surface area (TPSA) is 50.4 Å². The standard InChI is InChI=1S/C12H24N2O2/c1-9-8-10(9)13-6-5-7-14-11(15)16-12(2,3)4/h9-10,13H,5-8H2,1-4H3,(H,14,15). The summed E-state index contributed by atoms with van der Waals surface area (Å²) in [4.78, 5) is 11.3. The van der Waals surface area contributed by atoms with Crippen LogP contribution in [0.1, 0.15) is 40.5 Å². The van der Waals surface area contributed by atoms with Crippen LogP contribution in [0.5, 0.6) is 0 Å². The molecule has 2 atom stereocenters. The van der Waals surface area contributed by atoms with E-state index in [-0.39, 0.29) is 6.09 Å². The van der Waals surface area contributed by atoms with Crippen LogP contribution in [0.3, 0.4) is 0 Å². The van der Waals surface area contributed by atoms with Crippen LogP contribution in [0, 0.1) is 5.92 Å². The Kier molecular flexibility index (Phi) is 4.59. The molecule has 0 bridgehead atoms. The first-order valence-electron chi connectivity index (χ1n) is 6.09. The van der Waals surface area contributed by atoms with Gasteiger partial charge in [-0.05, 0) is 46.1 Å². The number of alkyl carbamates (subject to hydrolysis) is 1. The van der Waals surface area contributed by atoms with Crippen LogP contribution in [0.15, 0.2) is 0 Å². The first-order valence-corrected chi connectivity index (χ1v) is 6.09. The van der Waals surface area contributed by atoms with Gasteiger partial charge >= 0.3 is 6.09 Å². The van der Waals surface area contributed by atoms with E-state index >= 15 is 0 Å². The summed E-state index contributed by atoms with van der Waals surface area (Å²) < 4.78 is 5.12. The third kappa shape index (κ3) is 5.95. The number of ether oxygens (including phenoxy) is 1. The summed E-state index contributed by atoms with van der Waals surface area (Å²) in [7, 11) is 0. The van der Waals surface area contributed by atoms with Crippen molar-refractivity contribution < 1.29 is 9.53 Å². The number of nitrogens with one attached hydrogen (secondary N) is 2. The summed E-state index contributed by atoms with van der Waals surface area (Å²) in [5, 5.41) is 6.18. The van der Waals surface area contributed by atoms with Gasteiger partial charge in [0.15, 0.2) is 0 Å². The minimum atomic E-state index is -0.411. The molecule has 1 aliphatic carbocycles. The van der Waals surface area contributed by atoms with Crippen LogP contribution in [0.25, 0.3) is 0 Å². The molecule has 2 unspecified atom stereocenters. The quantitative estimate of drug-likeness (QED) is 0.707. The Hall–Kier alpha value is -0.770. The van der Waals surface area contributed by atoms with Gasteiger partial charge in [-0.25, -0.2) is 4.79 Å². The molecule has 0 spiro atoms. The fraction of sp³-hybridized carbons (Fsp3) is 0.917. The van der Waals surface area contributed by atoms with Crippen LogP contribution in [-0.2, 0) is 4.74 Å². The lowest BCUT2D eigenvalue weighted by molar-refractivity contribution is 0.0527. The number of hydrogen-bond donors (Lipinski definition) is 2. The van der Waals surface area contributed by atoms with E-state index < -0.39 is 5.60 Å². The van der Waals surface area contributed by atoms with E-state index in [1.807, 2.05) is 20.8 Å². The van der Waals surface area contributed by atoms with Crippen molar-refractivity contribution in [2.24, 2.45) is 5.92 Å². The second-order valence-corrected chi connectivity index (χ2v) is 5.56. The van der Waals surface area contributed by atoms with Gasteiger partial charge in [0, 0.05) is 12.6 Å². The lowest BCUT2D eigenvalue weighted by Crippen LogP contribution is -2.34. The number of rotatable bonds is 5. The summed E-state index contributed by atoms with van der Waals surface area (Å²) in [6.45, 7) is 9.47. The average Bonchev–Trinajstić information content (AvgIpc) is 2.78. The molecule has 4 nitrogen and oxygen atoms in total. The Bertz CT molecular complexity index is 236. The molecule has 16 heavy (non-hydrogen) atoms. The molecule has 4 heteroatoms. The molecule has 0 aliphatic heterocycles. The normalized spacial score (nSPS) is 24.0. The third-order valence-electron chi connectivity index (χ3n) is 2.54. The van der Waals surface area contributed by atoms with Crippen LogP contribution in [0.2, 0.25) is 0 Å². The number of carbonyl (C=O) groups is 1. The fourth-order valence-corrected chi connectivity index (χ4v) is 1.49. The first kappa shape index (κ1) is 13.3. The minimum absolute atomic E-state index is 0.327. The molecule has 0 aromatic carbocycles. The number of carbonyl (C=O) groups excluding carboxylic acids is 1. The highest BCUT2D eigenvalue weighted by Gasteiger charge is 2.31. The summed E-state index contributed by atoms with van der Waals surface area (Å²) in [5.74, 6) is 0.832. The maximum absolute atomic E-state index is 11.3. The van der Waals surface area contributed by atoms with Gasteiger partial charge in [0.25, 0.3) is 0 Å². The molecular formula is C12H24N2O2. The summed E-state index contributed by atoms with van der Waals surface area (Å²) in [5.41, 5.74) is -0.411. The molecular weight excluding hydrogens is 204 g/mol. The van der Waals surface area contributed by atoms with E-state index in [1.165, 1.54) is 6.42 Å². The van der Waals surface area contributed by atoms with Gasteiger partial charge in [-0.2, -0.15) is 0 Å². The molecule has 0 radical (unpaired) electrons. The van der Waals surface area contributed by atoms with Gasteiger partial charge in [-0.1, -0.05) is 6.92 Å². The van der Waals surface area contributed by atoms with Crippen LogP contribution >= 0.6 is 0 Å². The molecule has 94 valence electrons. The van der Waals surface area contributed by atoms with Gasteiger partial charge < -0.3 is 15.4 Å². The second kappa shape index (κ2) is 5.53. The van der Waals surface area contributed by atoms with Gasteiger partial charge in [-0.15, -0.1) is 0 Å². The first-order chi connectivity index (χ1) is 7.38. The number of hydrogen-bond acceptors (Lipinski definition) is 3. The second-order valence-electron chi connectivity index (χ2n) is 5.56. The van der Waals surface area contributed by atoms with Crippen molar-refractivity contribution in [3.8, 4) is 0 Å². The zero-order valence-corrected chi connectivity index (χ0v) is 10.8. The van der Waals surface area contributed by atoms with E-state index in [4.69, 9.17) is 4.74 Å². The number of amides is 1. The van der Waals surface area contributed by atoms with E-state index in [0.717, 1.165) is 18.9 Å². The van der Waals surface area contributed by atoms with Gasteiger partial charge in [-0.3, -0.25) is 0 Å². The van der Waals surface area contributed by atoms with Crippen LogP contribution < -0.4 is 10.6 Å².